The van der Waals surface area contributed by atoms with Gasteiger partial charge in [0.1, 0.15) is 6.61 Å². The van der Waals surface area contributed by atoms with Crippen molar-refractivity contribution in [1.29, 1.82) is 0 Å². The van der Waals surface area contributed by atoms with Gasteiger partial charge < -0.3 is 15.1 Å². The van der Waals surface area contributed by atoms with Crippen LogP contribution in [0.1, 0.15) is 58.8 Å². The lowest BCUT2D eigenvalue weighted by atomic mass is 9.45. The molecule has 2 N–H and O–H groups in total. The first kappa shape index (κ1) is 21.2. The summed E-state index contributed by atoms with van der Waals surface area (Å²) in [5, 5.41) is 24.2. The minimum atomic E-state index is -0.728. The Morgan fingerprint density at radius 3 is 2.77 bits per heavy atom. The third-order valence-electron chi connectivity index (χ3n) is 8.61. The van der Waals surface area contributed by atoms with E-state index in [0.717, 1.165) is 31.3 Å². The van der Waals surface area contributed by atoms with Crippen LogP contribution in [0.5, 0.6) is 0 Å². The fraction of sp³-hybridized carbons (Fsp3) is 0.739. The first-order valence-corrected chi connectivity index (χ1v) is 11.0. The molecule has 0 amide bonds. The van der Waals surface area contributed by atoms with Crippen molar-refractivity contribution in [2.75, 3.05) is 6.61 Å². The van der Waals surface area contributed by atoms with Crippen molar-refractivity contribution in [2.24, 2.45) is 39.7 Å². The zero-order chi connectivity index (χ0) is 21.7. The number of hydrogen-bond acceptors (Lipinski definition) is 7. The number of Topliss-reactive ketones (excluding diaryl/α,β-unsaturated/α-hetero) is 1. The lowest BCUT2D eigenvalue weighted by molar-refractivity contribution is -0.150. The molecule has 0 aliphatic heterocycles. The third-order valence-corrected chi connectivity index (χ3v) is 8.61. The van der Waals surface area contributed by atoms with E-state index in [9.17, 15) is 24.7 Å². The van der Waals surface area contributed by atoms with E-state index in [4.69, 9.17) is 4.74 Å². The number of esters is 1. The standard InChI is InChI=1S/C23H31NO6/c1-13(25)30-11-20(28)18-6-5-17-16-4-3-14-9-15(26)7-8-22(14,2)21(16)19(27)10-23(17,18)12-24-29/h9,12,16-19,21,27,29H,3-8,10-11H2,1-2H3/b24-12+. The van der Waals surface area contributed by atoms with E-state index in [1.165, 1.54) is 13.1 Å². The van der Waals surface area contributed by atoms with Crippen molar-refractivity contribution in [3.8, 4) is 0 Å². The maximum Gasteiger partial charge on any atom is 0.303 e. The van der Waals surface area contributed by atoms with Gasteiger partial charge in [0, 0.05) is 24.7 Å². The SMILES string of the molecule is CC(=O)OCC(=O)C1CCC2C3CCC4=CC(=O)CCC4(C)C3C(O)CC12/C=N/O. The molecule has 0 saturated heterocycles. The van der Waals surface area contributed by atoms with Crippen molar-refractivity contribution in [2.45, 2.75) is 64.9 Å². The number of carbonyl (C=O) groups is 3. The van der Waals surface area contributed by atoms with Gasteiger partial charge in [0.15, 0.2) is 11.6 Å². The van der Waals surface area contributed by atoms with Crippen LogP contribution in [0.4, 0.5) is 0 Å². The predicted molar refractivity (Wildman–Crippen MR) is 108 cm³/mol. The van der Waals surface area contributed by atoms with Crippen molar-refractivity contribution < 1.29 is 29.4 Å². The van der Waals surface area contributed by atoms with Crippen LogP contribution in [0.2, 0.25) is 0 Å². The molecule has 0 spiro atoms. The number of carbonyl (C=O) groups excluding carboxylic acids is 3. The summed E-state index contributed by atoms with van der Waals surface area (Å²) in [4.78, 5) is 36.1. The molecule has 30 heavy (non-hydrogen) atoms. The third kappa shape index (κ3) is 3.13. The van der Waals surface area contributed by atoms with Gasteiger partial charge >= 0.3 is 5.97 Å². The second-order valence-electron chi connectivity index (χ2n) is 9.89. The molecule has 4 rings (SSSR count). The molecular formula is C23H31NO6. The number of allylic oxidation sites excluding steroid dienone is 1. The molecule has 0 aromatic heterocycles. The Labute approximate surface area is 176 Å². The highest BCUT2D eigenvalue weighted by atomic mass is 16.5. The summed E-state index contributed by atoms with van der Waals surface area (Å²) in [6.45, 7) is 3.16. The van der Waals surface area contributed by atoms with Gasteiger partial charge in [0.25, 0.3) is 0 Å². The summed E-state index contributed by atoms with van der Waals surface area (Å²) in [7, 11) is 0. The maximum atomic E-state index is 12.9. The molecule has 0 radical (unpaired) electrons. The van der Waals surface area contributed by atoms with E-state index in [0.29, 0.717) is 19.3 Å². The van der Waals surface area contributed by atoms with Gasteiger partial charge in [0.05, 0.1) is 12.3 Å². The lowest BCUT2D eigenvalue weighted by Crippen LogP contribution is -2.58. The summed E-state index contributed by atoms with van der Waals surface area (Å²) < 4.78 is 4.95. The molecule has 0 heterocycles. The highest BCUT2D eigenvalue weighted by Gasteiger charge is 2.64. The lowest BCUT2D eigenvalue weighted by Gasteiger charge is -2.59. The van der Waals surface area contributed by atoms with Crippen LogP contribution in [0.15, 0.2) is 16.8 Å². The first-order chi connectivity index (χ1) is 14.2. The smallest absolute Gasteiger partial charge is 0.303 e. The summed E-state index contributed by atoms with van der Waals surface area (Å²) >= 11 is 0. The van der Waals surface area contributed by atoms with Crippen LogP contribution in [-0.2, 0) is 19.1 Å². The highest BCUT2D eigenvalue weighted by molar-refractivity contribution is 5.92. The topological polar surface area (TPSA) is 113 Å². The molecule has 4 aliphatic carbocycles. The Balaban J connectivity index is 1.68. The molecule has 7 atom stereocenters. The van der Waals surface area contributed by atoms with Crippen molar-refractivity contribution in [3.05, 3.63) is 11.6 Å². The van der Waals surface area contributed by atoms with E-state index in [1.807, 2.05) is 0 Å². The van der Waals surface area contributed by atoms with Gasteiger partial charge in [-0.1, -0.05) is 12.5 Å². The van der Waals surface area contributed by atoms with Crippen molar-refractivity contribution in [1.82, 2.24) is 0 Å². The van der Waals surface area contributed by atoms with Crippen LogP contribution in [0.3, 0.4) is 0 Å². The quantitative estimate of drug-likeness (QED) is 0.315. The number of rotatable bonds is 4. The van der Waals surface area contributed by atoms with E-state index in [1.54, 1.807) is 6.08 Å². The Morgan fingerprint density at radius 2 is 2.07 bits per heavy atom. The molecule has 164 valence electrons. The molecular weight excluding hydrogens is 386 g/mol. The minimum Gasteiger partial charge on any atom is -0.458 e. The highest BCUT2D eigenvalue weighted by Crippen LogP contribution is 2.66. The average molecular weight is 418 g/mol. The van der Waals surface area contributed by atoms with Gasteiger partial charge in [0.2, 0.25) is 0 Å². The average Bonchev–Trinajstić information content (AvgIpc) is 3.05. The van der Waals surface area contributed by atoms with Gasteiger partial charge in [-0.25, -0.2) is 0 Å². The molecule has 7 unspecified atom stereocenters. The summed E-state index contributed by atoms with van der Waals surface area (Å²) in [5.74, 6) is -0.617. The van der Waals surface area contributed by atoms with Crippen molar-refractivity contribution in [3.63, 3.8) is 0 Å². The van der Waals surface area contributed by atoms with Crippen LogP contribution in [0, 0.1) is 34.5 Å². The van der Waals surface area contributed by atoms with E-state index >= 15 is 0 Å². The number of ketones is 2. The van der Waals surface area contributed by atoms with Crippen LogP contribution < -0.4 is 0 Å². The van der Waals surface area contributed by atoms with Gasteiger partial charge in [-0.3, -0.25) is 14.4 Å². The number of aliphatic hydroxyl groups is 1. The minimum absolute atomic E-state index is 0.0261. The van der Waals surface area contributed by atoms with Gasteiger partial charge in [-0.05, 0) is 67.8 Å². The second kappa shape index (κ2) is 7.59. The summed E-state index contributed by atoms with van der Waals surface area (Å²) in [5.41, 5.74) is 0.218. The molecule has 4 aliphatic rings. The molecule has 3 fully saturated rings. The largest absolute Gasteiger partial charge is 0.458 e. The first-order valence-electron chi connectivity index (χ1n) is 11.0. The van der Waals surface area contributed by atoms with Crippen molar-refractivity contribution >= 4 is 23.8 Å². The summed E-state index contributed by atoms with van der Waals surface area (Å²) in [6.07, 6.45) is 7.32. The normalized spacial score (nSPS) is 42.8. The van der Waals surface area contributed by atoms with Gasteiger partial charge in [-0.15, -0.1) is 5.16 Å². The number of nitrogens with zero attached hydrogens (tertiary/aromatic N) is 1. The Hall–Kier alpha value is -2.02. The predicted octanol–water partition coefficient (Wildman–Crippen LogP) is 2.68. The number of hydrogen-bond donors (Lipinski definition) is 2. The molecule has 0 bridgehead atoms. The Kier molecular flexibility index (Phi) is 5.37. The van der Waals surface area contributed by atoms with E-state index in [-0.39, 0.29) is 41.3 Å². The molecule has 7 heteroatoms. The maximum absolute atomic E-state index is 12.9. The monoisotopic (exact) mass is 417 g/mol. The number of ether oxygens (including phenoxy) is 1. The van der Waals surface area contributed by atoms with Gasteiger partial charge in [-0.2, -0.15) is 0 Å². The molecule has 3 saturated carbocycles. The van der Waals surface area contributed by atoms with E-state index < -0.39 is 23.4 Å². The Bertz CT molecular complexity index is 819. The van der Waals surface area contributed by atoms with E-state index in [2.05, 4.69) is 12.1 Å². The Morgan fingerprint density at radius 1 is 1.30 bits per heavy atom. The zero-order valence-electron chi connectivity index (χ0n) is 17.7. The second-order valence-corrected chi connectivity index (χ2v) is 9.89. The number of fused-ring (bicyclic) bond motifs is 5. The molecule has 7 nitrogen and oxygen atoms in total. The van der Waals surface area contributed by atoms with Crippen LogP contribution >= 0.6 is 0 Å². The van der Waals surface area contributed by atoms with Crippen LogP contribution in [-0.4, -0.2) is 46.8 Å². The fourth-order valence-corrected chi connectivity index (χ4v) is 7.47. The zero-order valence-corrected chi connectivity index (χ0v) is 17.7. The fourth-order valence-electron chi connectivity index (χ4n) is 7.47. The number of oxime groups is 1. The number of aliphatic hydroxyl groups excluding tert-OH is 1. The summed E-state index contributed by atoms with van der Waals surface area (Å²) in [6, 6.07) is 0. The molecule has 0 aromatic rings. The molecule has 0 aromatic carbocycles. The van der Waals surface area contributed by atoms with Crippen LogP contribution in [0.25, 0.3) is 0 Å².